The molecule has 19 heavy (non-hydrogen) atoms. The van der Waals surface area contributed by atoms with Gasteiger partial charge < -0.3 is 9.64 Å². The summed E-state index contributed by atoms with van der Waals surface area (Å²) in [4.78, 5) is 28.9. The van der Waals surface area contributed by atoms with Crippen molar-refractivity contribution in [2.45, 2.75) is 27.2 Å². The lowest BCUT2D eigenvalue weighted by molar-refractivity contribution is -0.142. The second-order valence-electron chi connectivity index (χ2n) is 3.73. The lowest BCUT2D eigenvalue weighted by Gasteiger charge is -2.17. The molecule has 0 bridgehead atoms. The summed E-state index contributed by atoms with van der Waals surface area (Å²) in [6, 6.07) is -0.179. The first-order valence-electron chi connectivity index (χ1n) is 6.26. The van der Waals surface area contributed by atoms with Crippen LogP contribution >= 0.6 is 11.3 Å². The van der Waals surface area contributed by atoms with Crippen LogP contribution in [0.4, 0.5) is 9.93 Å². The number of anilines is 1. The summed E-state index contributed by atoms with van der Waals surface area (Å²) in [5, 5.41) is 4.95. The van der Waals surface area contributed by atoms with E-state index < -0.39 is 0 Å². The maximum atomic E-state index is 11.8. The smallest absolute Gasteiger partial charge is 0.323 e. The van der Waals surface area contributed by atoms with E-state index in [1.165, 1.54) is 11.3 Å². The number of nitrogens with one attached hydrogen (secondary N) is 1. The molecule has 0 atom stereocenters. The highest BCUT2D eigenvalue weighted by Crippen LogP contribution is 2.16. The standard InChI is InChI=1S/C12H19N3O3S/c1-4-15(5-2)12(17)14-11-13-9(8-19-11)7-10(16)18-6-3/h8H,4-7H2,1-3H3,(H,13,14,17). The molecule has 0 aromatic carbocycles. The molecular formula is C12H19N3O3S. The summed E-state index contributed by atoms with van der Waals surface area (Å²) in [7, 11) is 0. The first-order chi connectivity index (χ1) is 9.10. The minimum absolute atomic E-state index is 0.130. The first kappa shape index (κ1) is 15.4. The van der Waals surface area contributed by atoms with Crippen molar-refractivity contribution in [2.24, 2.45) is 0 Å². The molecule has 106 valence electrons. The van der Waals surface area contributed by atoms with E-state index in [4.69, 9.17) is 4.74 Å². The zero-order valence-corrected chi connectivity index (χ0v) is 12.2. The Balaban J connectivity index is 2.55. The van der Waals surface area contributed by atoms with Gasteiger partial charge in [0.05, 0.1) is 18.7 Å². The number of carbonyl (C=O) groups excluding carboxylic acids is 2. The van der Waals surface area contributed by atoms with E-state index in [1.807, 2.05) is 13.8 Å². The fourth-order valence-corrected chi connectivity index (χ4v) is 2.19. The molecule has 7 heteroatoms. The molecule has 0 unspecified atom stereocenters. The molecule has 1 aromatic heterocycles. The summed E-state index contributed by atoms with van der Waals surface area (Å²) in [5.74, 6) is -0.311. The van der Waals surface area contributed by atoms with Crippen LogP contribution in [-0.4, -0.2) is 41.6 Å². The molecule has 0 radical (unpaired) electrons. The normalized spacial score (nSPS) is 10.1. The molecule has 1 aromatic rings. The second kappa shape index (κ2) is 7.73. The first-order valence-corrected chi connectivity index (χ1v) is 7.14. The predicted molar refractivity (Wildman–Crippen MR) is 74.4 cm³/mol. The summed E-state index contributed by atoms with van der Waals surface area (Å²) in [5.41, 5.74) is 0.610. The van der Waals surface area contributed by atoms with Crippen molar-refractivity contribution in [3.8, 4) is 0 Å². The Morgan fingerprint density at radius 3 is 2.63 bits per heavy atom. The van der Waals surface area contributed by atoms with E-state index in [0.29, 0.717) is 30.5 Å². The zero-order chi connectivity index (χ0) is 14.3. The van der Waals surface area contributed by atoms with Crippen LogP contribution in [0.1, 0.15) is 26.5 Å². The number of hydrogen-bond acceptors (Lipinski definition) is 5. The largest absolute Gasteiger partial charge is 0.466 e. The lowest BCUT2D eigenvalue weighted by Crippen LogP contribution is -2.34. The Hall–Kier alpha value is -1.63. The third-order valence-electron chi connectivity index (χ3n) is 2.45. The van der Waals surface area contributed by atoms with Gasteiger partial charge in [-0.25, -0.2) is 9.78 Å². The molecular weight excluding hydrogens is 266 g/mol. The van der Waals surface area contributed by atoms with E-state index >= 15 is 0 Å². The van der Waals surface area contributed by atoms with Gasteiger partial charge in [0.15, 0.2) is 5.13 Å². The average Bonchev–Trinajstić information content (AvgIpc) is 2.78. The average molecular weight is 285 g/mol. The zero-order valence-electron chi connectivity index (χ0n) is 11.4. The van der Waals surface area contributed by atoms with Crippen LogP contribution < -0.4 is 5.32 Å². The van der Waals surface area contributed by atoms with E-state index in [2.05, 4.69) is 10.3 Å². The monoisotopic (exact) mass is 285 g/mol. The van der Waals surface area contributed by atoms with Crippen molar-refractivity contribution in [3.63, 3.8) is 0 Å². The van der Waals surface area contributed by atoms with Gasteiger partial charge >= 0.3 is 12.0 Å². The molecule has 0 saturated heterocycles. The number of amides is 2. The number of urea groups is 1. The summed E-state index contributed by atoms with van der Waals surface area (Å²) < 4.78 is 4.84. The predicted octanol–water partition coefficient (Wildman–Crippen LogP) is 2.12. The van der Waals surface area contributed by atoms with Crippen molar-refractivity contribution >= 4 is 28.5 Å². The van der Waals surface area contributed by atoms with Crippen LogP contribution in [0.2, 0.25) is 0 Å². The fourth-order valence-electron chi connectivity index (χ4n) is 1.49. The molecule has 0 aliphatic heterocycles. The Labute approximate surface area is 116 Å². The Morgan fingerprint density at radius 1 is 1.37 bits per heavy atom. The van der Waals surface area contributed by atoms with Crippen LogP contribution in [-0.2, 0) is 16.0 Å². The second-order valence-corrected chi connectivity index (χ2v) is 4.59. The van der Waals surface area contributed by atoms with Gasteiger partial charge in [0, 0.05) is 18.5 Å². The molecule has 1 rings (SSSR count). The van der Waals surface area contributed by atoms with E-state index in [1.54, 1.807) is 17.2 Å². The van der Waals surface area contributed by atoms with Gasteiger partial charge in [0.1, 0.15) is 0 Å². The number of aromatic nitrogens is 1. The quantitative estimate of drug-likeness (QED) is 0.813. The Morgan fingerprint density at radius 2 is 2.05 bits per heavy atom. The van der Waals surface area contributed by atoms with Crippen molar-refractivity contribution in [2.75, 3.05) is 25.0 Å². The molecule has 0 aliphatic carbocycles. The highest BCUT2D eigenvalue weighted by Gasteiger charge is 2.13. The van der Waals surface area contributed by atoms with Crippen molar-refractivity contribution < 1.29 is 14.3 Å². The van der Waals surface area contributed by atoms with Crippen LogP contribution in [0.5, 0.6) is 0 Å². The Bertz CT molecular complexity index is 430. The van der Waals surface area contributed by atoms with E-state index in [9.17, 15) is 9.59 Å². The maximum absolute atomic E-state index is 11.8. The Kier molecular flexibility index (Phi) is 6.27. The summed E-state index contributed by atoms with van der Waals surface area (Å²) in [6.45, 7) is 7.23. The van der Waals surface area contributed by atoms with Crippen molar-refractivity contribution in [1.29, 1.82) is 0 Å². The number of esters is 1. The van der Waals surface area contributed by atoms with Gasteiger partial charge in [-0.2, -0.15) is 0 Å². The molecule has 1 heterocycles. The van der Waals surface area contributed by atoms with Crippen LogP contribution in [0.25, 0.3) is 0 Å². The molecule has 0 spiro atoms. The molecule has 0 saturated carbocycles. The van der Waals surface area contributed by atoms with Gasteiger partial charge in [0.2, 0.25) is 0 Å². The lowest BCUT2D eigenvalue weighted by atomic mass is 10.3. The summed E-state index contributed by atoms with van der Waals surface area (Å²) in [6.07, 6.45) is 0.130. The SMILES string of the molecule is CCOC(=O)Cc1csc(NC(=O)N(CC)CC)n1. The number of hydrogen-bond donors (Lipinski definition) is 1. The third-order valence-corrected chi connectivity index (χ3v) is 3.25. The highest BCUT2D eigenvalue weighted by atomic mass is 32.1. The van der Waals surface area contributed by atoms with Crippen molar-refractivity contribution in [3.05, 3.63) is 11.1 Å². The minimum atomic E-state index is -0.311. The number of carbonyl (C=O) groups is 2. The van der Waals surface area contributed by atoms with Gasteiger partial charge in [-0.15, -0.1) is 11.3 Å². The van der Waals surface area contributed by atoms with Gasteiger partial charge in [0.25, 0.3) is 0 Å². The van der Waals surface area contributed by atoms with Crippen LogP contribution in [0.15, 0.2) is 5.38 Å². The maximum Gasteiger partial charge on any atom is 0.323 e. The fraction of sp³-hybridized carbons (Fsp3) is 0.583. The molecule has 0 fully saturated rings. The molecule has 1 N–H and O–H groups in total. The van der Waals surface area contributed by atoms with E-state index in [0.717, 1.165) is 0 Å². The summed E-state index contributed by atoms with van der Waals surface area (Å²) >= 11 is 1.30. The number of ether oxygens (including phenoxy) is 1. The van der Waals surface area contributed by atoms with Crippen LogP contribution in [0.3, 0.4) is 0 Å². The third kappa shape index (κ3) is 4.86. The minimum Gasteiger partial charge on any atom is -0.466 e. The van der Waals surface area contributed by atoms with E-state index in [-0.39, 0.29) is 18.4 Å². The number of nitrogens with zero attached hydrogens (tertiary/aromatic N) is 2. The van der Waals surface area contributed by atoms with Gasteiger partial charge in [-0.05, 0) is 20.8 Å². The molecule has 2 amide bonds. The highest BCUT2D eigenvalue weighted by molar-refractivity contribution is 7.13. The van der Waals surface area contributed by atoms with Crippen LogP contribution in [0, 0.1) is 0 Å². The topological polar surface area (TPSA) is 71.5 Å². The molecule has 0 aliphatic rings. The molecule has 6 nitrogen and oxygen atoms in total. The number of rotatable bonds is 6. The van der Waals surface area contributed by atoms with Gasteiger partial charge in [-0.3, -0.25) is 10.1 Å². The van der Waals surface area contributed by atoms with Crippen molar-refractivity contribution in [1.82, 2.24) is 9.88 Å². The van der Waals surface area contributed by atoms with Gasteiger partial charge in [-0.1, -0.05) is 0 Å². The number of thiazole rings is 1.